The number of hydrogen-bond donors (Lipinski definition) is 1. The van der Waals surface area contributed by atoms with Crippen LogP contribution in [0.4, 0.5) is 8.78 Å². The molecule has 0 fully saturated rings. The summed E-state index contributed by atoms with van der Waals surface area (Å²) in [4.78, 5) is 0. The zero-order chi connectivity index (χ0) is 15.3. The van der Waals surface area contributed by atoms with Crippen LogP contribution in [0.25, 0.3) is 0 Å². The summed E-state index contributed by atoms with van der Waals surface area (Å²) >= 11 is 3.11. The van der Waals surface area contributed by atoms with E-state index in [-0.39, 0.29) is 10.0 Å². The quantitative estimate of drug-likeness (QED) is 0.727. The van der Waals surface area contributed by atoms with Crippen molar-refractivity contribution in [3.63, 3.8) is 0 Å². The SMILES string of the molecule is CCCNC(c1c(F)ccc(Br)c1F)C(C)(C)OCC. The molecule has 1 aromatic carbocycles. The molecule has 0 aliphatic carbocycles. The summed E-state index contributed by atoms with van der Waals surface area (Å²) in [7, 11) is 0. The predicted molar refractivity (Wildman–Crippen MR) is 80.8 cm³/mol. The Kier molecular flexibility index (Phi) is 6.55. The summed E-state index contributed by atoms with van der Waals surface area (Å²) in [5, 5.41) is 3.19. The molecule has 0 aliphatic rings. The molecule has 0 saturated heterocycles. The fourth-order valence-corrected chi connectivity index (χ4v) is 2.59. The predicted octanol–water partition coefficient (Wildman–Crippen LogP) is 4.58. The normalized spacial score (nSPS) is 13.6. The van der Waals surface area contributed by atoms with E-state index in [0.29, 0.717) is 13.2 Å². The second-order valence-electron chi connectivity index (χ2n) is 5.18. The number of halogens is 3. The van der Waals surface area contributed by atoms with E-state index in [1.165, 1.54) is 12.1 Å². The first-order valence-electron chi connectivity index (χ1n) is 6.85. The molecule has 0 spiro atoms. The van der Waals surface area contributed by atoms with Gasteiger partial charge in [0, 0.05) is 12.2 Å². The maximum Gasteiger partial charge on any atom is 0.145 e. The molecular weight excluding hydrogens is 328 g/mol. The summed E-state index contributed by atoms with van der Waals surface area (Å²) in [5.41, 5.74) is -0.696. The van der Waals surface area contributed by atoms with Crippen LogP contribution in [0, 0.1) is 11.6 Å². The summed E-state index contributed by atoms with van der Waals surface area (Å²) in [6.07, 6.45) is 0.871. The van der Waals surface area contributed by atoms with Gasteiger partial charge in [0.1, 0.15) is 11.6 Å². The first-order valence-corrected chi connectivity index (χ1v) is 7.65. The monoisotopic (exact) mass is 349 g/mol. The van der Waals surface area contributed by atoms with E-state index in [2.05, 4.69) is 21.2 Å². The maximum absolute atomic E-state index is 14.3. The zero-order valence-corrected chi connectivity index (χ0v) is 14.0. The van der Waals surface area contributed by atoms with Gasteiger partial charge in [-0.25, -0.2) is 8.78 Å². The Morgan fingerprint density at radius 2 is 1.95 bits per heavy atom. The Hall–Kier alpha value is -0.520. The van der Waals surface area contributed by atoms with Crippen LogP contribution < -0.4 is 5.32 Å². The van der Waals surface area contributed by atoms with Gasteiger partial charge in [-0.1, -0.05) is 6.92 Å². The average molecular weight is 350 g/mol. The smallest absolute Gasteiger partial charge is 0.145 e. The lowest BCUT2D eigenvalue weighted by molar-refractivity contribution is -0.0408. The van der Waals surface area contributed by atoms with Crippen molar-refractivity contribution in [2.75, 3.05) is 13.2 Å². The summed E-state index contributed by atoms with van der Waals surface area (Å²) in [6.45, 7) is 8.69. The van der Waals surface area contributed by atoms with Crippen molar-refractivity contribution in [2.45, 2.75) is 45.8 Å². The number of rotatable bonds is 7. The Morgan fingerprint density at radius 1 is 1.30 bits per heavy atom. The molecule has 0 aromatic heterocycles. The van der Waals surface area contributed by atoms with Gasteiger partial charge in [-0.15, -0.1) is 0 Å². The van der Waals surface area contributed by atoms with E-state index in [1.807, 2.05) is 27.7 Å². The first kappa shape index (κ1) is 17.5. The molecule has 0 heterocycles. The lowest BCUT2D eigenvalue weighted by Crippen LogP contribution is -2.43. The molecule has 1 atom stereocenters. The molecule has 5 heteroatoms. The fraction of sp³-hybridized carbons (Fsp3) is 0.600. The van der Waals surface area contributed by atoms with Crippen molar-refractivity contribution in [3.05, 3.63) is 33.8 Å². The molecule has 0 radical (unpaired) electrons. The van der Waals surface area contributed by atoms with Gasteiger partial charge >= 0.3 is 0 Å². The van der Waals surface area contributed by atoms with Crippen LogP contribution in [0.3, 0.4) is 0 Å². The van der Waals surface area contributed by atoms with E-state index in [4.69, 9.17) is 4.74 Å². The van der Waals surface area contributed by atoms with Gasteiger partial charge < -0.3 is 10.1 Å². The van der Waals surface area contributed by atoms with E-state index < -0.39 is 23.3 Å². The molecule has 0 saturated carbocycles. The summed E-state index contributed by atoms with van der Waals surface area (Å²) in [5.74, 6) is -1.14. The van der Waals surface area contributed by atoms with Gasteiger partial charge in [0.25, 0.3) is 0 Å². The Morgan fingerprint density at radius 3 is 2.50 bits per heavy atom. The van der Waals surface area contributed by atoms with Crippen LogP contribution in [0.15, 0.2) is 16.6 Å². The van der Waals surface area contributed by atoms with Crippen molar-refractivity contribution in [1.82, 2.24) is 5.32 Å². The van der Waals surface area contributed by atoms with Crippen molar-refractivity contribution in [2.24, 2.45) is 0 Å². The van der Waals surface area contributed by atoms with E-state index in [9.17, 15) is 8.78 Å². The highest BCUT2D eigenvalue weighted by molar-refractivity contribution is 9.10. The Balaban J connectivity index is 3.27. The van der Waals surface area contributed by atoms with Crippen molar-refractivity contribution >= 4 is 15.9 Å². The van der Waals surface area contributed by atoms with Crippen molar-refractivity contribution < 1.29 is 13.5 Å². The third kappa shape index (κ3) is 3.99. The average Bonchev–Trinajstić information content (AvgIpc) is 2.37. The molecule has 1 rings (SSSR count). The van der Waals surface area contributed by atoms with Gasteiger partial charge in [-0.2, -0.15) is 0 Å². The number of benzene rings is 1. The molecule has 0 aliphatic heterocycles. The van der Waals surface area contributed by atoms with Crippen LogP contribution in [-0.2, 0) is 4.74 Å². The maximum atomic E-state index is 14.3. The van der Waals surface area contributed by atoms with Gasteiger partial charge in [-0.05, 0) is 61.8 Å². The van der Waals surface area contributed by atoms with Crippen LogP contribution in [0.1, 0.15) is 45.7 Å². The molecule has 2 nitrogen and oxygen atoms in total. The first-order chi connectivity index (χ1) is 9.35. The Labute approximate surface area is 128 Å². The lowest BCUT2D eigenvalue weighted by atomic mass is 9.90. The minimum Gasteiger partial charge on any atom is -0.374 e. The minimum atomic E-state index is -0.716. The fourth-order valence-electron chi connectivity index (χ4n) is 2.25. The molecule has 0 amide bonds. The van der Waals surface area contributed by atoms with E-state index in [0.717, 1.165) is 6.42 Å². The van der Waals surface area contributed by atoms with Crippen LogP contribution in [0.5, 0.6) is 0 Å². The molecule has 1 N–H and O–H groups in total. The third-order valence-corrected chi connectivity index (χ3v) is 3.79. The number of hydrogen-bond acceptors (Lipinski definition) is 2. The molecule has 1 aromatic rings. The minimum absolute atomic E-state index is 0.0197. The second-order valence-corrected chi connectivity index (χ2v) is 6.03. The van der Waals surface area contributed by atoms with Gasteiger partial charge in [0.2, 0.25) is 0 Å². The number of ether oxygens (including phenoxy) is 1. The number of nitrogens with one attached hydrogen (secondary N) is 1. The van der Waals surface area contributed by atoms with Crippen LogP contribution >= 0.6 is 15.9 Å². The zero-order valence-electron chi connectivity index (χ0n) is 12.4. The van der Waals surface area contributed by atoms with Gasteiger partial charge in [0.05, 0.1) is 16.1 Å². The summed E-state index contributed by atoms with van der Waals surface area (Å²) < 4.78 is 34.4. The third-order valence-electron chi connectivity index (χ3n) is 3.18. The molecule has 0 bridgehead atoms. The highest BCUT2D eigenvalue weighted by atomic mass is 79.9. The van der Waals surface area contributed by atoms with Crippen molar-refractivity contribution in [3.8, 4) is 0 Å². The van der Waals surface area contributed by atoms with Crippen molar-refractivity contribution in [1.29, 1.82) is 0 Å². The molecule has 1 unspecified atom stereocenters. The van der Waals surface area contributed by atoms with E-state index >= 15 is 0 Å². The second kappa shape index (κ2) is 7.48. The largest absolute Gasteiger partial charge is 0.374 e. The van der Waals surface area contributed by atoms with Crippen LogP contribution in [0.2, 0.25) is 0 Å². The van der Waals surface area contributed by atoms with Gasteiger partial charge in [-0.3, -0.25) is 0 Å². The molecular formula is C15H22BrF2NO. The highest BCUT2D eigenvalue weighted by Crippen LogP contribution is 2.34. The van der Waals surface area contributed by atoms with Gasteiger partial charge in [0.15, 0.2) is 0 Å². The Bertz CT molecular complexity index is 452. The van der Waals surface area contributed by atoms with E-state index in [1.54, 1.807) is 0 Å². The molecule has 20 heavy (non-hydrogen) atoms. The summed E-state index contributed by atoms with van der Waals surface area (Å²) in [6, 6.07) is 2.09. The highest BCUT2D eigenvalue weighted by Gasteiger charge is 2.35. The molecule has 114 valence electrons. The lowest BCUT2D eigenvalue weighted by Gasteiger charge is -2.35. The topological polar surface area (TPSA) is 21.3 Å². The van der Waals surface area contributed by atoms with Crippen LogP contribution in [-0.4, -0.2) is 18.8 Å². The standard InChI is InChI=1S/C15H22BrF2NO/c1-5-9-19-14(15(3,4)20-6-2)12-11(17)8-7-10(16)13(12)18/h7-8,14,19H,5-6,9H2,1-4H3.